The smallest absolute Gasteiger partial charge is 0.0858 e. The molecule has 5 heteroatoms. The summed E-state index contributed by atoms with van der Waals surface area (Å²) in [6.07, 6.45) is 1.04. The average Bonchev–Trinajstić information content (AvgIpc) is 2.46. The Morgan fingerprint density at radius 1 is 1.45 bits per heavy atom. The molecule has 3 nitrogen and oxygen atoms in total. The molecule has 0 spiro atoms. The van der Waals surface area contributed by atoms with Gasteiger partial charge in [0.1, 0.15) is 0 Å². The van der Waals surface area contributed by atoms with Crippen molar-refractivity contribution < 1.29 is 4.74 Å². The zero-order valence-corrected chi connectivity index (χ0v) is 13.5. The van der Waals surface area contributed by atoms with E-state index in [1.54, 1.807) is 6.07 Å². The quantitative estimate of drug-likeness (QED) is 0.904. The van der Waals surface area contributed by atoms with Gasteiger partial charge in [-0.25, -0.2) is 0 Å². The number of hydrogen-bond donors (Lipinski definition) is 1. The van der Waals surface area contributed by atoms with Crippen LogP contribution in [-0.2, 0) is 11.2 Å². The number of hydrogen-bond acceptors (Lipinski definition) is 3. The highest BCUT2D eigenvalue weighted by molar-refractivity contribution is 6.35. The normalized spacial score (nSPS) is 21.9. The van der Waals surface area contributed by atoms with Crippen LogP contribution in [0, 0.1) is 0 Å². The Labute approximate surface area is 131 Å². The molecule has 20 heavy (non-hydrogen) atoms. The van der Waals surface area contributed by atoms with Gasteiger partial charge < -0.3 is 10.1 Å². The zero-order valence-electron chi connectivity index (χ0n) is 12.0. The Balaban J connectivity index is 2.04. The molecule has 0 saturated carbocycles. The van der Waals surface area contributed by atoms with Crippen molar-refractivity contribution >= 4 is 23.2 Å². The van der Waals surface area contributed by atoms with Crippen LogP contribution >= 0.6 is 23.2 Å². The van der Waals surface area contributed by atoms with Crippen molar-refractivity contribution in [2.75, 3.05) is 33.3 Å². The minimum Gasteiger partial charge on any atom is -0.374 e. The number of benzene rings is 1. The third kappa shape index (κ3) is 4.09. The number of halogens is 2. The summed E-state index contributed by atoms with van der Waals surface area (Å²) in [5, 5.41) is 4.76. The Morgan fingerprint density at radius 2 is 2.25 bits per heavy atom. The lowest BCUT2D eigenvalue weighted by Gasteiger charge is -2.36. The SMILES string of the molecule is CCN1CCOC(C(Cc2ccc(Cl)cc2Cl)NC)C1. The number of nitrogens with zero attached hydrogens (tertiary/aromatic N) is 1. The summed E-state index contributed by atoms with van der Waals surface area (Å²) in [5.74, 6) is 0. The molecule has 1 aliphatic rings. The van der Waals surface area contributed by atoms with Gasteiger partial charge in [0, 0.05) is 29.2 Å². The molecule has 2 rings (SSSR count). The Morgan fingerprint density at radius 3 is 2.90 bits per heavy atom. The summed E-state index contributed by atoms with van der Waals surface area (Å²) >= 11 is 12.2. The Kier molecular flexibility index (Phi) is 6.12. The summed E-state index contributed by atoms with van der Waals surface area (Å²) in [7, 11) is 1.97. The largest absolute Gasteiger partial charge is 0.374 e. The minimum atomic E-state index is 0.195. The van der Waals surface area contributed by atoms with Gasteiger partial charge in [-0.15, -0.1) is 0 Å². The fraction of sp³-hybridized carbons (Fsp3) is 0.600. The molecule has 2 unspecified atom stereocenters. The van der Waals surface area contributed by atoms with Gasteiger partial charge in [0.05, 0.1) is 12.7 Å². The second kappa shape index (κ2) is 7.62. The molecular weight excluding hydrogens is 295 g/mol. The molecule has 0 aromatic heterocycles. The standard InChI is InChI=1S/C15H22Cl2N2O/c1-3-19-6-7-20-15(10-19)14(18-2)8-11-4-5-12(16)9-13(11)17/h4-5,9,14-15,18H,3,6-8,10H2,1-2H3. The summed E-state index contributed by atoms with van der Waals surface area (Å²) in [4.78, 5) is 2.42. The fourth-order valence-corrected chi connectivity index (χ4v) is 3.09. The highest BCUT2D eigenvalue weighted by atomic mass is 35.5. The molecule has 1 aromatic carbocycles. The lowest BCUT2D eigenvalue weighted by molar-refractivity contribution is -0.0436. The summed E-state index contributed by atoms with van der Waals surface area (Å²) < 4.78 is 5.93. The zero-order chi connectivity index (χ0) is 14.5. The number of nitrogens with one attached hydrogen (secondary N) is 1. The number of rotatable bonds is 5. The number of ether oxygens (including phenoxy) is 1. The molecule has 0 bridgehead atoms. The van der Waals surface area contributed by atoms with Crippen LogP contribution < -0.4 is 5.32 Å². The number of morpholine rings is 1. The van der Waals surface area contributed by atoms with E-state index in [-0.39, 0.29) is 12.1 Å². The second-order valence-electron chi connectivity index (χ2n) is 5.14. The van der Waals surface area contributed by atoms with Gasteiger partial charge in [0.15, 0.2) is 0 Å². The van der Waals surface area contributed by atoms with Gasteiger partial charge in [0.2, 0.25) is 0 Å². The predicted molar refractivity (Wildman–Crippen MR) is 84.9 cm³/mol. The summed E-state index contributed by atoms with van der Waals surface area (Å²) in [5.41, 5.74) is 1.10. The molecule has 1 heterocycles. The lowest BCUT2D eigenvalue weighted by atomic mass is 10.00. The van der Waals surface area contributed by atoms with Crippen LogP contribution in [0.5, 0.6) is 0 Å². The molecule has 1 fully saturated rings. The third-order valence-electron chi connectivity index (χ3n) is 3.90. The topological polar surface area (TPSA) is 24.5 Å². The summed E-state index contributed by atoms with van der Waals surface area (Å²) in [6, 6.07) is 5.93. The fourth-order valence-electron chi connectivity index (χ4n) is 2.61. The van der Waals surface area contributed by atoms with Crippen LogP contribution in [0.3, 0.4) is 0 Å². The summed E-state index contributed by atoms with van der Waals surface area (Å²) in [6.45, 7) is 6.04. The predicted octanol–water partition coefficient (Wildman–Crippen LogP) is 2.84. The van der Waals surface area contributed by atoms with E-state index in [4.69, 9.17) is 27.9 Å². The highest BCUT2D eigenvalue weighted by Crippen LogP contribution is 2.23. The van der Waals surface area contributed by atoms with Crippen LogP contribution in [0.1, 0.15) is 12.5 Å². The van der Waals surface area contributed by atoms with E-state index >= 15 is 0 Å². The van der Waals surface area contributed by atoms with Crippen molar-refractivity contribution in [3.8, 4) is 0 Å². The van der Waals surface area contributed by atoms with E-state index in [9.17, 15) is 0 Å². The highest BCUT2D eigenvalue weighted by Gasteiger charge is 2.27. The van der Waals surface area contributed by atoms with Crippen LogP contribution in [0.15, 0.2) is 18.2 Å². The first-order chi connectivity index (χ1) is 9.63. The van der Waals surface area contributed by atoms with Crippen molar-refractivity contribution in [3.63, 3.8) is 0 Å². The maximum atomic E-state index is 6.26. The second-order valence-corrected chi connectivity index (χ2v) is 5.98. The maximum Gasteiger partial charge on any atom is 0.0858 e. The van der Waals surface area contributed by atoms with Crippen LogP contribution in [0.2, 0.25) is 10.0 Å². The molecule has 2 atom stereocenters. The number of likely N-dealkylation sites (N-methyl/N-ethyl adjacent to an activating group) is 2. The van der Waals surface area contributed by atoms with Crippen molar-refractivity contribution in [1.82, 2.24) is 10.2 Å². The van der Waals surface area contributed by atoms with Crippen LogP contribution in [-0.4, -0.2) is 50.3 Å². The lowest BCUT2D eigenvalue weighted by Crippen LogP contribution is -2.52. The average molecular weight is 317 g/mol. The van der Waals surface area contributed by atoms with Crippen molar-refractivity contribution in [2.45, 2.75) is 25.5 Å². The molecule has 0 aliphatic carbocycles. The van der Waals surface area contributed by atoms with Gasteiger partial charge in [-0.2, -0.15) is 0 Å². The van der Waals surface area contributed by atoms with Gasteiger partial charge in [-0.05, 0) is 37.7 Å². The van der Waals surface area contributed by atoms with Gasteiger partial charge in [0.25, 0.3) is 0 Å². The first-order valence-electron chi connectivity index (χ1n) is 7.09. The molecular formula is C15H22Cl2N2O. The molecule has 0 radical (unpaired) electrons. The molecule has 1 aliphatic heterocycles. The van der Waals surface area contributed by atoms with E-state index in [1.165, 1.54) is 0 Å². The van der Waals surface area contributed by atoms with Crippen LogP contribution in [0.4, 0.5) is 0 Å². The van der Waals surface area contributed by atoms with Crippen LogP contribution in [0.25, 0.3) is 0 Å². The first-order valence-corrected chi connectivity index (χ1v) is 7.84. The molecule has 1 N–H and O–H groups in total. The van der Waals surface area contributed by atoms with Gasteiger partial charge in [-0.3, -0.25) is 4.90 Å². The van der Waals surface area contributed by atoms with Crippen molar-refractivity contribution in [2.24, 2.45) is 0 Å². The molecule has 1 saturated heterocycles. The molecule has 112 valence electrons. The van der Waals surface area contributed by atoms with E-state index in [0.29, 0.717) is 5.02 Å². The third-order valence-corrected chi connectivity index (χ3v) is 4.49. The first kappa shape index (κ1) is 16.1. The van der Waals surface area contributed by atoms with E-state index in [1.807, 2.05) is 19.2 Å². The van der Waals surface area contributed by atoms with E-state index < -0.39 is 0 Å². The van der Waals surface area contributed by atoms with Gasteiger partial charge >= 0.3 is 0 Å². The maximum absolute atomic E-state index is 6.26. The van der Waals surface area contributed by atoms with Crippen molar-refractivity contribution in [3.05, 3.63) is 33.8 Å². The van der Waals surface area contributed by atoms with Crippen molar-refractivity contribution in [1.29, 1.82) is 0 Å². The minimum absolute atomic E-state index is 0.195. The Bertz CT molecular complexity index is 442. The van der Waals surface area contributed by atoms with E-state index in [2.05, 4.69) is 17.1 Å². The molecule has 1 aromatic rings. The Hall–Kier alpha value is -0.320. The van der Waals surface area contributed by atoms with E-state index in [0.717, 1.165) is 43.2 Å². The molecule has 0 amide bonds. The monoisotopic (exact) mass is 316 g/mol. The van der Waals surface area contributed by atoms with Gasteiger partial charge in [-0.1, -0.05) is 36.2 Å².